The minimum Gasteiger partial charge on any atom is -0.481 e. The number of carbonyl (C=O) groups is 1. The molecule has 0 aromatic heterocycles. The zero-order valence-corrected chi connectivity index (χ0v) is 9.53. The van der Waals surface area contributed by atoms with Crippen molar-refractivity contribution >= 4 is 5.97 Å². The molecule has 1 aromatic rings. The van der Waals surface area contributed by atoms with Crippen LogP contribution in [0.2, 0.25) is 0 Å². The summed E-state index contributed by atoms with van der Waals surface area (Å²) in [6.45, 7) is 0.101. The second-order valence-corrected chi connectivity index (χ2v) is 4.75. The molecule has 1 aromatic carbocycles. The van der Waals surface area contributed by atoms with Crippen molar-refractivity contribution in [2.45, 2.75) is 19.3 Å². The van der Waals surface area contributed by atoms with Crippen molar-refractivity contribution in [2.75, 3.05) is 6.54 Å². The number of carboxylic acid groups (broad SMARTS) is 1. The SMILES string of the molecule is NCC(Cc1cccc(F)c1)(C(=O)O)C1CC1. The van der Waals surface area contributed by atoms with Crippen LogP contribution in [0.15, 0.2) is 24.3 Å². The molecule has 1 aliphatic carbocycles. The third kappa shape index (κ3) is 2.31. The maximum absolute atomic E-state index is 13.1. The minimum absolute atomic E-state index is 0.101. The lowest BCUT2D eigenvalue weighted by molar-refractivity contribution is -0.149. The van der Waals surface area contributed by atoms with E-state index < -0.39 is 11.4 Å². The Morgan fingerprint density at radius 3 is 2.71 bits per heavy atom. The Morgan fingerprint density at radius 1 is 1.53 bits per heavy atom. The van der Waals surface area contributed by atoms with Gasteiger partial charge in [0.1, 0.15) is 5.82 Å². The van der Waals surface area contributed by atoms with E-state index in [1.165, 1.54) is 12.1 Å². The molecule has 0 amide bonds. The quantitative estimate of drug-likeness (QED) is 0.820. The highest BCUT2D eigenvalue weighted by Crippen LogP contribution is 2.47. The van der Waals surface area contributed by atoms with Crippen LogP contribution in [-0.4, -0.2) is 17.6 Å². The van der Waals surface area contributed by atoms with Gasteiger partial charge >= 0.3 is 5.97 Å². The van der Waals surface area contributed by atoms with E-state index in [0.717, 1.165) is 12.8 Å². The molecule has 1 aliphatic rings. The standard InChI is InChI=1S/C13H16FNO2/c14-11-3-1-2-9(6-11)7-13(8-15,12(16)17)10-4-5-10/h1-3,6,10H,4-5,7-8,15H2,(H,16,17). The maximum atomic E-state index is 13.1. The molecule has 1 saturated carbocycles. The first kappa shape index (κ1) is 12.0. The van der Waals surface area contributed by atoms with E-state index >= 15 is 0 Å². The van der Waals surface area contributed by atoms with Crippen LogP contribution in [0.4, 0.5) is 4.39 Å². The van der Waals surface area contributed by atoms with Gasteiger partial charge in [0.25, 0.3) is 0 Å². The molecule has 4 heteroatoms. The van der Waals surface area contributed by atoms with Gasteiger partial charge in [-0.2, -0.15) is 0 Å². The van der Waals surface area contributed by atoms with Gasteiger partial charge in [-0.05, 0) is 42.9 Å². The monoisotopic (exact) mass is 237 g/mol. The van der Waals surface area contributed by atoms with Gasteiger partial charge in [0, 0.05) is 6.54 Å². The summed E-state index contributed by atoms with van der Waals surface area (Å²) in [6, 6.07) is 6.08. The van der Waals surface area contributed by atoms with E-state index in [9.17, 15) is 14.3 Å². The Kier molecular flexibility index (Phi) is 3.15. The lowest BCUT2D eigenvalue weighted by atomic mass is 9.77. The van der Waals surface area contributed by atoms with Crippen molar-refractivity contribution in [2.24, 2.45) is 17.1 Å². The van der Waals surface area contributed by atoms with E-state index in [0.29, 0.717) is 12.0 Å². The van der Waals surface area contributed by atoms with E-state index in [2.05, 4.69) is 0 Å². The zero-order chi connectivity index (χ0) is 12.5. The number of carboxylic acids is 1. The Bertz CT molecular complexity index is 431. The van der Waals surface area contributed by atoms with Gasteiger partial charge in [0.05, 0.1) is 5.41 Å². The molecule has 0 bridgehead atoms. The van der Waals surface area contributed by atoms with E-state index in [-0.39, 0.29) is 18.3 Å². The number of halogens is 1. The lowest BCUT2D eigenvalue weighted by Gasteiger charge is -2.28. The Hall–Kier alpha value is -1.42. The summed E-state index contributed by atoms with van der Waals surface area (Å²) in [5.74, 6) is -1.07. The predicted molar refractivity (Wildman–Crippen MR) is 62.0 cm³/mol. The Morgan fingerprint density at radius 2 is 2.24 bits per heavy atom. The molecule has 0 saturated heterocycles. The first-order valence-corrected chi connectivity index (χ1v) is 5.76. The number of rotatable bonds is 5. The third-order valence-electron chi connectivity index (χ3n) is 3.56. The van der Waals surface area contributed by atoms with Crippen LogP contribution in [0.5, 0.6) is 0 Å². The van der Waals surface area contributed by atoms with Crippen LogP contribution in [0, 0.1) is 17.2 Å². The van der Waals surface area contributed by atoms with Crippen LogP contribution < -0.4 is 5.73 Å². The minimum atomic E-state index is -0.923. The van der Waals surface area contributed by atoms with Crippen LogP contribution in [0.3, 0.4) is 0 Å². The largest absolute Gasteiger partial charge is 0.481 e. The first-order chi connectivity index (χ1) is 8.08. The van der Waals surface area contributed by atoms with Crippen LogP contribution in [-0.2, 0) is 11.2 Å². The van der Waals surface area contributed by atoms with Crippen molar-refractivity contribution in [3.63, 3.8) is 0 Å². The average Bonchev–Trinajstić information content (AvgIpc) is 3.09. The summed E-state index contributed by atoms with van der Waals surface area (Å²) in [4.78, 5) is 11.4. The van der Waals surface area contributed by atoms with Crippen molar-refractivity contribution in [3.8, 4) is 0 Å². The van der Waals surface area contributed by atoms with Crippen LogP contribution in [0.25, 0.3) is 0 Å². The Labute approximate surface area is 99.4 Å². The molecule has 1 fully saturated rings. The number of hydrogen-bond acceptors (Lipinski definition) is 2. The van der Waals surface area contributed by atoms with Gasteiger partial charge in [0.2, 0.25) is 0 Å². The number of nitrogens with two attached hydrogens (primary N) is 1. The fraction of sp³-hybridized carbons (Fsp3) is 0.462. The van der Waals surface area contributed by atoms with Crippen molar-refractivity contribution < 1.29 is 14.3 Å². The molecule has 0 spiro atoms. The molecule has 3 nitrogen and oxygen atoms in total. The molecular weight excluding hydrogens is 221 g/mol. The molecule has 3 N–H and O–H groups in total. The second kappa shape index (κ2) is 4.45. The molecule has 92 valence electrons. The molecule has 0 aliphatic heterocycles. The number of benzene rings is 1. The van der Waals surface area contributed by atoms with Crippen LogP contribution >= 0.6 is 0 Å². The number of aliphatic carboxylic acids is 1. The summed E-state index contributed by atoms with van der Waals surface area (Å²) in [6.07, 6.45) is 2.11. The van der Waals surface area contributed by atoms with Gasteiger partial charge < -0.3 is 10.8 Å². The van der Waals surface area contributed by atoms with Crippen LogP contribution in [0.1, 0.15) is 18.4 Å². The van der Waals surface area contributed by atoms with Gasteiger partial charge in [-0.1, -0.05) is 12.1 Å². The van der Waals surface area contributed by atoms with Gasteiger partial charge in [-0.3, -0.25) is 4.79 Å². The van der Waals surface area contributed by atoms with Crippen molar-refractivity contribution in [1.29, 1.82) is 0 Å². The molecule has 0 heterocycles. The van der Waals surface area contributed by atoms with Gasteiger partial charge in [-0.25, -0.2) is 4.39 Å². The molecule has 2 rings (SSSR count). The molecule has 1 atom stereocenters. The second-order valence-electron chi connectivity index (χ2n) is 4.75. The van der Waals surface area contributed by atoms with Crippen molar-refractivity contribution in [3.05, 3.63) is 35.6 Å². The molecule has 1 unspecified atom stereocenters. The summed E-state index contributed by atoms with van der Waals surface area (Å²) in [5, 5.41) is 9.39. The normalized spacial score (nSPS) is 18.7. The summed E-state index contributed by atoms with van der Waals surface area (Å²) >= 11 is 0. The maximum Gasteiger partial charge on any atom is 0.311 e. The van der Waals surface area contributed by atoms with Gasteiger partial charge in [0.15, 0.2) is 0 Å². The fourth-order valence-corrected chi connectivity index (χ4v) is 2.37. The highest BCUT2D eigenvalue weighted by atomic mass is 19.1. The number of hydrogen-bond donors (Lipinski definition) is 2. The smallest absolute Gasteiger partial charge is 0.311 e. The summed E-state index contributed by atoms with van der Waals surface area (Å²) in [5.41, 5.74) is 5.44. The predicted octanol–water partition coefficient (Wildman–Crippen LogP) is 1.81. The fourth-order valence-electron chi connectivity index (χ4n) is 2.37. The van der Waals surface area contributed by atoms with E-state index in [4.69, 9.17) is 5.73 Å². The highest BCUT2D eigenvalue weighted by Gasteiger charge is 2.50. The summed E-state index contributed by atoms with van der Waals surface area (Å²) in [7, 11) is 0. The Balaban J connectivity index is 2.26. The van der Waals surface area contributed by atoms with Gasteiger partial charge in [-0.15, -0.1) is 0 Å². The summed E-state index contributed by atoms with van der Waals surface area (Å²) < 4.78 is 13.1. The van der Waals surface area contributed by atoms with Crippen molar-refractivity contribution in [1.82, 2.24) is 0 Å². The average molecular weight is 237 g/mol. The zero-order valence-electron chi connectivity index (χ0n) is 9.53. The lowest BCUT2D eigenvalue weighted by Crippen LogP contribution is -2.42. The third-order valence-corrected chi connectivity index (χ3v) is 3.56. The van der Waals surface area contributed by atoms with E-state index in [1.807, 2.05) is 0 Å². The van der Waals surface area contributed by atoms with E-state index in [1.54, 1.807) is 12.1 Å². The molecular formula is C13H16FNO2. The highest BCUT2D eigenvalue weighted by molar-refractivity contribution is 5.76. The molecule has 17 heavy (non-hydrogen) atoms. The topological polar surface area (TPSA) is 63.3 Å². The molecule has 0 radical (unpaired) electrons. The first-order valence-electron chi connectivity index (χ1n) is 5.76.